The van der Waals surface area contributed by atoms with Crippen LogP contribution in [-0.4, -0.2) is 55.6 Å². The number of esters is 1. The maximum Gasteiger partial charge on any atom is 0.412 e. The highest BCUT2D eigenvalue weighted by molar-refractivity contribution is 7.98. The summed E-state index contributed by atoms with van der Waals surface area (Å²) >= 11 is 1.55. The van der Waals surface area contributed by atoms with Crippen LogP contribution in [0.4, 0.5) is 4.79 Å². The van der Waals surface area contributed by atoms with Crippen molar-refractivity contribution in [3.63, 3.8) is 0 Å². The Labute approximate surface area is 151 Å². The number of carbonyl (C=O) groups is 2. The molecule has 7 nitrogen and oxygen atoms in total. The third-order valence-corrected chi connectivity index (χ3v) is 4.44. The molecular weight excluding hydrogens is 346 g/mol. The fourth-order valence-electron chi connectivity index (χ4n) is 2.23. The summed E-state index contributed by atoms with van der Waals surface area (Å²) in [6.45, 7) is 1.78. The second-order valence-electron chi connectivity index (χ2n) is 5.64. The molecule has 1 unspecified atom stereocenters. The number of hydrogen-bond acceptors (Lipinski definition) is 7. The van der Waals surface area contributed by atoms with E-state index in [-0.39, 0.29) is 25.6 Å². The van der Waals surface area contributed by atoms with Crippen molar-refractivity contribution in [3.8, 4) is 11.5 Å². The molecule has 0 fully saturated rings. The van der Waals surface area contributed by atoms with Gasteiger partial charge in [-0.05, 0) is 37.3 Å². The average molecular weight is 369 g/mol. The fourth-order valence-corrected chi connectivity index (χ4v) is 2.60. The SMILES string of the molecule is CSCCC(=O)OCOC(=O)N(C)C(C)Cc1ccc2c(c1)OCO2. The van der Waals surface area contributed by atoms with E-state index in [0.29, 0.717) is 24.3 Å². The third-order valence-electron chi connectivity index (χ3n) is 3.83. The van der Waals surface area contributed by atoms with E-state index in [0.717, 1.165) is 11.3 Å². The van der Waals surface area contributed by atoms with E-state index in [1.165, 1.54) is 4.90 Å². The number of rotatable bonds is 8. The van der Waals surface area contributed by atoms with Crippen LogP contribution < -0.4 is 9.47 Å². The van der Waals surface area contributed by atoms with Crippen molar-refractivity contribution in [1.82, 2.24) is 4.90 Å². The van der Waals surface area contributed by atoms with Crippen LogP contribution in [0.1, 0.15) is 18.9 Å². The van der Waals surface area contributed by atoms with Crippen LogP contribution in [-0.2, 0) is 20.7 Å². The molecule has 0 saturated heterocycles. The number of carbonyl (C=O) groups excluding carboxylic acids is 2. The van der Waals surface area contributed by atoms with Crippen molar-refractivity contribution in [2.75, 3.05) is 32.6 Å². The van der Waals surface area contributed by atoms with Gasteiger partial charge in [0, 0.05) is 18.8 Å². The number of benzene rings is 1. The summed E-state index contributed by atoms with van der Waals surface area (Å²) in [7, 11) is 1.65. The lowest BCUT2D eigenvalue weighted by Crippen LogP contribution is -2.37. The van der Waals surface area contributed by atoms with Gasteiger partial charge in [0.2, 0.25) is 13.6 Å². The molecule has 1 atom stereocenters. The van der Waals surface area contributed by atoms with E-state index >= 15 is 0 Å². The molecule has 1 aromatic rings. The zero-order valence-electron chi connectivity index (χ0n) is 14.6. The topological polar surface area (TPSA) is 74.3 Å². The minimum absolute atomic E-state index is 0.0972. The Balaban J connectivity index is 1.76. The Kier molecular flexibility index (Phi) is 7.24. The Morgan fingerprint density at radius 2 is 2.04 bits per heavy atom. The van der Waals surface area contributed by atoms with Gasteiger partial charge in [0.15, 0.2) is 11.5 Å². The molecule has 0 saturated carbocycles. The molecule has 0 spiro atoms. The zero-order valence-corrected chi connectivity index (χ0v) is 15.5. The van der Waals surface area contributed by atoms with Crippen molar-refractivity contribution in [2.45, 2.75) is 25.8 Å². The Morgan fingerprint density at radius 1 is 1.28 bits per heavy atom. The van der Waals surface area contributed by atoms with Gasteiger partial charge < -0.3 is 23.8 Å². The lowest BCUT2D eigenvalue weighted by atomic mass is 10.1. The molecule has 8 heteroatoms. The minimum Gasteiger partial charge on any atom is -0.454 e. The van der Waals surface area contributed by atoms with Crippen molar-refractivity contribution in [1.29, 1.82) is 0 Å². The highest BCUT2D eigenvalue weighted by Gasteiger charge is 2.20. The summed E-state index contributed by atoms with van der Waals surface area (Å²) in [6.07, 6.45) is 2.31. The van der Waals surface area contributed by atoms with Gasteiger partial charge in [-0.2, -0.15) is 11.8 Å². The first-order chi connectivity index (χ1) is 12.0. The van der Waals surface area contributed by atoms with Gasteiger partial charge in [0.05, 0.1) is 6.42 Å². The summed E-state index contributed by atoms with van der Waals surface area (Å²) < 4.78 is 20.5. The summed E-state index contributed by atoms with van der Waals surface area (Å²) in [5.41, 5.74) is 1.03. The first-order valence-electron chi connectivity index (χ1n) is 7.94. The Morgan fingerprint density at radius 3 is 2.80 bits per heavy atom. The summed E-state index contributed by atoms with van der Waals surface area (Å²) in [5, 5.41) is 0. The summed E-state index contributed by atoms with van der Waals surface area (Å²) in [6, 6.07) is 5.61. The average Bonchev–Trinajstić information content (AvgIpc) is 3.06. The zero-order chi connectivity index (χ0) is 18.2. The van der Waals surface area contributed by atoms with Crippen LogP contribution >= 0.6 is 11.8 Å². The molecule has 2 rings (SSSR count). The normalized spacial score (nSPS) is 13.2. The number of nitrogens with zero attached hydrogens (tertiary/aromatic N) is 1. The number of ether oxygens (including phenoxy) is 4. The number of fused-ring (bicyclic) bond motifs is 1. The molecule has 138 valence electrons. The predicted octanol–water partition coefficient (Wildman–Crippen LogP) is 2.67. The summed E-state index contributed by atoms with van der Waals surface area (Å²) in [5.74, 6) is 1.75. The van der Waals surface area contributed by atoms with Gasteiger partial charge >= 0.3 is 12.1 Å². The second kappa shape index (κ2) is 9.41. The van der Waals surface area contributed by atoms with Gasteiger partial charge in [0.1, 0.15) is 0 Å². The predicted molar refractivity (Wildman–Crippen MR) is 93.9 cm³/mol. The molecule has 0 radical (unpaired) electrons. The van der Waals surface area contributed by atoms with Gasteiger partial charge in [-0.25, -0.2) is 4.79 Å². The van der Waals surface area contributed by atoms with Gasteiger partial charge in [0.25, 0.3) is 0 Å². The van der Waals surface area contributed by atoms with Gasteiger partial charge in [-0.1, -0.05) is 6.07 Å². The Bertz CT molecular complexity index is 609. The van der Waals surface area contributed by atoms with Crippen LogP contribution in [0.3, 0.4) is 0 Å². The molecule has 0 aromatic heterocycles. The van der Waals surface area contributed by atoms with E-state index in [9.17, 15) is 9.59 Å². The highest BCUT2D eigenvalue weighted by Crippen LogP contribution is 2.32. The molecule has 0 bridgehead atoms. The second-order valence-corrected chi connectivity index (χ2v) is 6.62. The number of thioether (sulfide) groups is 1. The molecule has 0 aliphatic carbocycles. The lowest BCUT2D eigenvalue weighted by molar-refractivity contribution is -0.151. The monoisotopic (exact) mass is 369 g/mol. The molecule has 1 aromatic carbocycles. The number of hydrogen-bond donors (Lipinski definition) is 0. The van der Waals surface area contributed by atoms with Crippen LogP contribution in [0.5, 0.6) is 11.5 Å². The maximum atomic E-state index is 12.0. The lowest BCUT2D eigenvalue weighted by Gasteiger charge is -2.24. The van der Waals surface area contributed by atoms with E-state index in [1.807, 2.05) is 31.4 Å². The van der Waals surface area contributed by atoms with Crippen LogP contribution in [0.15, 0.2) is 18.2 Å². The van der Waals surface area contributed by atoms with E-state index in [4.69, 9.17) is 18.9 Å². The number of amides is 1. The van der Waals surface area contributed by atoms with Crippen LogP contribution in [0.25, 0.3) is 0 Å². The first-order valence-corrected chi connectivity index (χ1v) is 9.33. The Hall–Kier alpha value is -2.09. The molecular formula is C17H23NO6S. The molecule has 25 heavy (non-hydrogen) atoms. The maximum absolute atomic E-state index is 12.0. The molecule has 1 aliphatic heterocycles. The number of likely N-dealkylation sites (N-methyl/N-ethyl adjacent to an activating group) is 1. The van der Waals surface area contributed by atoms with Crippen molar-refractivity contribution >= 4 is 23.8 Å². The van der Waals surface area contributed by atoms with Crippen LogP contribution in [0.2, 0.25) is 0 Å². The standard InChI is InChI=1S/C17H23NO6S/c1-12(8-13-4-5-14-15(9-13)22-10-21-14)18(2)17(20)24-11-23-16(19)6-7-25-3/h4-5,9,12H,6-8,10-11H2,1-3H3. The molecule has 1 aliphatic rings. The summed E-state index contributed by atoms with van der Waals surface area (Å²) in [4.78, 5) is 24.9. The fraction of sp³-hybridized carbons (Fsp3) is 0.529. The van der Waals surface area contributed by atoms with Crippen molar-refractivity contribution in [3.05, 3.63) is 23.8 Å². The minimum atomic E-state index is -0.536. The quantitative estimate of drug-likeness (QED) is 0.515. The van der Waals surface area contributed by atoms with Crippen molar-refractivity contribution < 1.29 is 28.5 Å². The molecule has 1 heterocycles. The van der Waals surface area contributed by atoms with E-state index in [1.54, 1.807) is 18.8 Å². The largest absolute Gasteiger partial charge is 0.454 e. The molecule has 1 amide bonds. The van der Waals surface area contributed by atoms with Gasteiger partial charge in [-0.15, -0.1) is 0 Å². The van der Waals surface area contributed by atoms with Crippen LogP contribution in [0, 0.1) is 0 Å². The van der Waals surface area contributed by atoms with E-state index < -0.39 is 6.09 Å². The van der Waals surface area contributed by atoms with Gasteiger partial charge in [-0.3, -0.25) is 4.79 Å². The van der Waals surface area contributed by atoms with Crippen molar-refractivity contribution in [2.24, 2.45) is 0 Å². The highest BCUT2D eigenvalue weighted by atomic mass is 32.2. The van der Waals surface area contributed by atoms with E-state index in [2.05, 4.69) is 0 Å². The third kappa shape index (κ3) is 5.74. The molecule has 0 N–H and O–H groups in total. The first kappa shape index (κ1) is 19.2. The smallest absolute Gasteiger partial charge is 0.412 e.